The van der Waals surface area contributed by atoms with Gasteiger partial charge in [0.2, 0.25) is 0 Å². The van der Waals surface area contributed by atoms with Crippen LogP contribution in [0.15, 0.2) is 16.6 Å². The van der Waals surface area contributed by atoms with E-state index in [0.29, 0.717) is 5.75 Å². The highest BCUT2D eigenvalue weighted by Gasteiger charge is 2.10. The van der Waals surface area contributed by atoms with E-state index in [4.69, 9.17) is 10.5 Å². The molecule has 0 aliphatic carbocycles. The number of aromatic hydroxyl groups is 1. The molecule has 1 rings (SSSR count). The van der Waals surface area contributed by atoms with Crippen molar-refractivity contribution in [3.8, 4) is 11.5 Å². The van der Waals surface area contributed by atoms with Gasteiger partial charge < -0.3 is 15.6 Å². The van der Waals surface area contributed by atoms with E-state index in [1.54, 1.807) is 6.07 Å². The predicted molar refractivity (Wildman–Crippen MR) is 64.3 cm³/mol. The molecule has 3 nitrogen and oxygen atoms in total. The highest BCUT2D eigenvalue weighted by molar-refractivity contribution is 9.10. The number of phenols is 1. The molecule has 3 N–H and O–H groups in total. The van der Waals surface area contributed by atoms with Gasteiger partial charge in [-0.05, 0) is 37.5 Å². The van der Waals surface area contributed by atoms with Crippen molar-refractivity contribution in [2.45, 2.75) is 25.8 Å². The molecule has 1 aromatic rings. The highest BCUT2D eigenvalue weighted by atomic mass is 79.9. The Hall–Kier alpha value is -0.740. The number of methoxy groups -OCH3 is 1. The van der Waals surface area contributed by atoms with Crippen LogP contribution < -0.4 is 10.5 Å². The lowest BCUT2D eigenvalue weighted by atomic mass is 10.1. The van der Waals surface area contributed by atoms with E-state index >= 15 is 0 Å². The Kier molecular flexibility index (Phi) is 4.42. The van der Waals surface area contributed by atoms with Crippen molar-refractivity contribution in [2.24, 2.45) is 5.73 Å². The lowest BCUT2D eigenvalue weighted by Gasteiger charge is -2.11. The average molecular weight is 274 g/mol. The number of benzene rings is 1. The second-order valence-electron chi connectivity index (χ2n) is 3.63. The predicted octanol–water partition coefficient (Wildman–Crippen LogP) is 2.44. The molecular formula is C11H16BrNO2. The molecule has 0 fully saturated rings. The molecule has 1 atom stereocenters. The summed E-state index contributed by atoms with van der Waals surface area (Å²) in [5.41, 5.74) is 6.53. The molecular weight excluding hydrogens is 258 g/mol. The first kappa shape index (κ1) is 12.3. The van der Waals surface area contributed by atoms with Gasteiger partial charge in [0, 0.05) is 10.5 Å². The average Bonchev–Trinajstić information content (AvgIpc) is 2.18. The molecule has 15 heavy (non-hydrogen) atoms. The van der Waals surface area contributed by atoms with E-state index in [1.807, 2.05) is 13.0 Å². The maximum atomic E-state index is 9.84. The molecule has 0 saturated carbocycles. The van der Waals surface area contributed by atoms with Crippen LogP contribution in [0, 0.1) is 0 Å². The summed E-state index contributed by atoms with van der Waals surface area (Å²) >= 11 is 3.37. The SMILES string of the molecule is COc1cc(Br)cc(CCC(C)N)c1O. The van der Waals surface area contributed by atoms with Gasteiger partial charge in [-0.1, -0.05) is 15.9 Å². The minimum atomic E-state index is 0.134. The van der Waals surface area contributed by atoms with Gasteiger partial charge in [-0.25, -0.2) is 0 Å². The second kappa shape index (κ2) is 5.37. The summed E-state index contributed by atoms with van der Waals surface area (Å²) in [6.45, 7) is 1.95. The minimum absolute atomic E-state index is 0.134. The normalized spacial score (nSPS) is 12.5. The van der Waals surface area contributed by atoms with E-state index in [1.165, 1.54) is 7.11 Å². The molecule has 1 unspecified atom stereocenters. The van der Waals surface area contributed by atoms with Gasteiger partial charge in [-0.3, -0.25) is 0 Å². The van der Waals surface area contributed by atoms with Crippen LogP contribution in [0.5, 0.6) is 11.5 Å². The molecule has 0 spiro atoms. The first-order valence-electron chi connectivity index (χ1n) is 4.85. The Balaban J connectivity index is 2.91. The van der Waals surface area contributed by atoms with Crippen LogP contribution in [-0.2, 0) is 6.42 Å². The fraction of sp³-hybridized carbons (Fsp3) is 0.455. The van der Waals surface area contributed by atoms with Gasteiger partial charge in [-0.2, -0.15) is 0 Å². The lowest BCUT2D eigenvalue weighted by molar-refractivity contribution is 0.370. The third-order valence-electron chi connectivity index (χ3n) is 2.21. The Bertz CT molecular complexity index is 340. The highest BCUT2D eigenvalue weighted by Crippen LogP contribution is 2.34. The van der Waals surface area contributed by atoms with Crippen LogP contribution >= 0.6 is 15.9 Å². The van der Waals surface area contributed by atoms with Crippen LogP contribution in [0.1, 0.15) is 18.9 Å². The van der Waals surface area contributed by atoms with E-state index in [9.17, 15) is 5.11 Å². The van der Waals surface area contributed by atoms with Crippen molar-refractivity contribution in [3.63, 3.8) is 0 Å². The van der Waals surface area contributed by atoms with Gasteiger partial charge in [0.15, 0.2) is 11.5 Å². The van der Waals surface area contributed by atoms with E-state index in [2.05, 4.69) is 15.9 Å². The zero-order chi connectivity index (χ0) is 11.4. The Morgan fingerprint density at radius 2 is 2.20 bits per heavy atom. The molecule has 0 radical (unpaired) electrons. The molecule has 0 aromatic heterocycles. The number of phenolic OH excluding ortho intramolecular Hbond substituents is 1. The molecule has 0 heterocycles. The van der Waals surface area contributed by atoms with Gasteiger partial charge >= 0.3 is 0 Å². The second-order valence-corrected chi connectivity index (χ2v) is 4.55. The zero-order valence-electron chi connectivity index (χ0n) is 8.96. The number of ether oxygens (including phenoxy) is 1. The van der Waals surface area contributed by atoms with Crippen molar-refractivity contribution < 1.29 is 9.84 Å². The molecule has 0 aliphatic heterocycles. The molecule has 4 heteroatoms. The maximum Gasteiger partial charge on any atom is 0.161 e. The summed E-state index contributed by atoms with van der Waals surface area (Å²) in [5.74, 6) is 0.699. The van der Waals surface area contributed by atoms with E-state index in [0.717, 1.165) is 22.9 Å². The smallest absolute Gasteiger partial charge is 0.161 e. The first-order valence-corrected chi connectivity index (χ1v) is 5.65. The van der Waals surface area contributed by atoms with Crippen LogP contribution in [-0.4, -0.2) is 18.3 Å². The summed E-state index contributed by atoms with van der Waals surface area (Å²) in [6, 6.07) is 3.76. The van der Waals surface area contributed by atoms with Crippen LogP contribution in [0.2, 0.25) is 0 Å². The van der Waals surface area contributed by atoms with Crippen LogP contribution in [0.25, 0.3) is 0 Å². The number of hydrogen-bond acceptors (Lipinski definition) is 3. The van der Waals surface area contributed by atoms with Crippen LogP contribution in [0.3, 0.4) is 0 Å². The summed E-state index contributed by atoms with van der Waals surface area (Å²) in [7, 11) is 1.54. The molecule has 1 aromatic carbocycles. The van der Waals surface area contributed by atoms with Crippen molar-refractivity contribution >= 4 is 15.9 Å². The number of halogens is 1. The van der Waals surface area contributed by atoms with Gasteiger partial charge in [0.05, 0.1) is 7.11 Å². The minimum Gasteiger partial charge on any atom is -0.504 e. The number of hydrogen-bond donors (Lipinski definition) is 2. The third-order valence-corrected chi connectivity index (χ3v) is 2.67. The Labute approximate surface area is 98.4 Å². The fourth-order valence-electron chi connectivity index (χ4n) is 1.36. The maximum absolute atomic E-state index is 9.84. The third kappa shape index (κ3) is 3.39. The fourth-order valence-corrected chi connectivity index (χ4v) is 1.84. The van der Waals surface area contributed by atoms with Crippen molar-refractivity contribution in [3.05, 3.63) is 22.2 Å². The summed E-state index contributed by atoms with van der Waals surface area (Å²) in [4.78, 5) is 0. The summed E-state index contributed by atoms with van der Waals surface area (Å²) in [6.07, 6.45) is 1.59. The van der Waals surface area contributed by atoms with E-state index < -0.39 is 0 Å². The topological polar surface area (TPSA) is 55.5 Å². The number of rotatable bonds is 4. The molecule has 0 bridgehead atoms. The summed E-state index contributed by atoms with van der Waals surface area (Å²) in [5, 5.41) is 9.84. The molecule has 84 valence electrons. The standard InChI is InChI=1S/C11H16BrNO2/c1-7(13)3-4-8-5-9(12)6-10(15-2)11(8)14/h5-7,14H,3-4,13H2,1-2H3. The van der Waals surface area contributed by atoms with Crippen molar-refractivity contribution in [1.82, 2.24) is 0 Å². The monoisotopic (exact) mass is 273 g/mol. The van der Waals surface area contributed by atoms with Crippen molar-refractivity contribution in [1.29, 1.82) is 0 Å². The molecule has 0 saturated heterocycles. The van der Waals surface area contributed by atoms with E-state index in [-0.39, 0.29) is 11.8 Å². The quantitative estimate of drug-likeness (QED) is 0.886. The van der Waals surface area contributed by atoms with Gasteiger partial charge in [-0.15, -0.1) is 0 Å². The largest absolute Gasteiger partial charge is 0.504 e. The lowest BCUT2D eigenvalue weighted by Crippen LogP contribution is -2.15. The van der Waals surface area contributed by atoms with Crippen LogP contribution in [0.4, 0.5) is 0 Å². The Morgan fingerprint density at radius 1 is 1.53 bits per heavy atom. The summed E-state index contributed by atoms with van der Waals surface area (Å²) < 4.78 is 5.96. The van der Waals surface area contributed by atoms with Gasteiger partial charge in [0.25, 0.3) is 0 Å². The zero-order valence-corrected chi connectivity index (χ0v) is 10.5. The van der Waals surface area contributed by atoms with Gasteiger partial charge in [0.1, 0.15) is 0 Å². The number of nitrogens with two attached hydrogens (primary N) is 1. The van der Waals surface area contributed by atoms with Crippen molar-refractivity contribution in [2.75, 3.05) is 7.11 Å². The Morgan fingerprint density at radius 3 is 2.73 bits per heavy atom. The molecule has 0 amide bonds. The molecule has 0 aliphatic rings. The first-order chi connectivity index (χ1) is 7.04. The number of aryl methyl sites for hydroxylation is 1.